The van der Waals surface area contributed by atoms with Crippen LogP contribution in [-0.4, -0.2) is 29.9 Å². The third kappa shape index (κ3) is 1.57. The van der Waals surface area contributed by atoms with Crippen molar-refractivity contribution in [3.05, 3.63) is 36.4 Å². The highest BCUT2D eigenvalue weighted by atomic mass is 15.0. The predicted molar refractivity (Wildman–Crippen MR) is 71.5 cm³/mol. The standard InChI is InChI=1S/C13H10N6/c1-7-15-9-5-10-13(19-12(9)16-7)18-11(17-10)8-3-2-4-14-6-8/h2-6H,1H3,(H2,15,16,17,18,19). The van der Waals surface area contributed by atoms with Gasteiger partial charge in [0.15, 0.2) is 11.3 Å². The molecule has 0 aliphatic heterocycles. The molecule has 2 N–H and O–H groups in total. The molecular formula is C13H10N6. The number of rotatable bonds is 1. The van der Waals surface area contributed by atoms with Gasteiger partial charge in [-0.2, -0.15) is 0 Å². The molecule has 6 heteroatoms. The van der Waals surface area contributed by atoms with Crippen molar-refractivity contribution in [2.45, 2.75) is 6.92 Å². The number of aromatic amines is 2. The summed E-state index contributed by atoms with van der Waals surface area (Å²) in [5.41, 5.74) is 4.08. The van der Waals surface area contributed by atoms with Crippen molar-refractivity contribution in [1.82, 2.24) is 29.9 Å². The largest absolute Gasteiger partial charge is 0.341 e. The van der Waals surface area contributed by atoms with Gasteiger partial charge in [-0.3, -0.25) is 4.98 Å². The average molecular weight is 250 g/mol. The van der Waals surface area contributed by atoms with Crippen molar-refractivity contribution in [3.8, 4) is 11.4 Å². The van der Waals surface area contributed by atoms with Crippen molar-refractivity contribution in [2.75, 3.05) is 0 Å². The number of aromatic nitrogens is 6. The summed E-state index contributed by atoms with van der Waals surface area (Å²) in [5, 5.41) is 0. The molecule has 4 aromatic rings. The van der Waals surface area contributed by atoms with E-state index in [1.165, 1.54) is 0 Å². The van der Waals surface area contributed by atoms with Crippen molar-refractivity contribution in [2.24, 2.45) is 0 Å². The van der Waals surface area contributed by atoms with Crippen LogP contribution in [-0.2, 0) is 0 Å². The molecule has 0 spiro atoms. The summed E-state index contributed by atoms with van der Waals surface area (Å²) in [6.07, 6.45) is 3.51. The fourth-order valence-corrected chi connectivity index (χ4v) is 2.13. The van der Waals surface area contributed by atoms with Crippen molar-refractivity contribution in [3.63, 3.8) is 0 Å². The lowest BCUT2D eigenvalue weighted by Crippen LogP contribution is -1.81. The zero-order valence-corrected chi connectivity index (χ0v) is 10.2. The van der Waals surface area contributed by atoms with Gasteiger partial charge in [-0.1, -0.05) is 0 Å². The Labute approximate surface area is 108 Å². The molecule has 0 fully saturated rings. The summed E-state index contributed by atoms with van der Waals surface area (Å²) in [7, 11) is 0. The van der Waals surface area contributed by atoms with Gasteiger partial charge in [-0.05, 0) is 25.1 Å². The molecule has 0 unspecified atom stereocenters. The Hall–Kier alpha value is -2.76. The van der Waals surface area contributed by atoms with Crippen molar-refractivity contribution < 1.29 is 0 Å². The van der Waals surface area contributed by atoms with Gasteiger partial charge in [-0.15, -0.1) is 0 Å². The van der Waals surface area contributed by atoms with E-state index >= 15 is 0 Å². The Morgan fingerprint density at radius 3 is 2.89 bits per heavy atom. The zero-order chi connectivity index (χ0) is 12.8. The minimum absolute atomic E-state index is 0.700. The fraction of sp³-hybridized carbons (Fsp3) is 0.0769. The average Bonchev–Trinajstić information content (AvgIpc) is 2.98. The third-order valence-electron chi connectivity index (χ3n) is 2.98. The molecule has 0 radical (unpaired) electrons. The van der Waals surface area contributed by atoms with Crippen LogP contribution in [0, 0.1) is 6.92 Å². The van der Waals surface area contributed by atoms with Crippen LogP contribution in [0.15, 0.2) is 30.6 Å². The summed E-state index contributed by atoms with van der Waals surface area (Å²) in [6, 6.07) is 5.79. The summed E-state index contributed by atoms with van der Waals surface area (Å²) in [4.78, 5) is 23.8. The topological polar surface area (TPSA) is 83.1 Å². The van der Waals surface area contributed by atoms with Gasteiger partial charge in [0.1, 0.15) is 17.2 Å². The Bertz CT molecular complexity index is 823. The second-order valence-electron chi connectivity index (χ2n) is 4.38. The Morgan fingerprint density at radius 2 is 2.05 bits per heavy atom. The number of nitrogens with one attached hydrogen (secondary N) is 2. The molecule has 19 heavy (non-hydrogen) atoms. The highest BCUT2D eigenvalue weighted by Crippen LogP contribution is 2.21. The molecule has 4 heterocycles. The number of imidazole rings is 2. The molecule has 4 aromatic heterocycles. The first-order valence-corrected chi connectivity index (χ1v) is 5.93. The molecule has 4 rings (SSSR count). The van der Waals surface area contributed by atoms with Gasteiger partial charge in [0, 0.05) is 18.0 Å². The van der Waals surface area contributed by atoms with Crippen LogP contribution >= 0.6 is 0 Å². The van der Waals surface area contributed by atoms with E-state index in [4.69, 9.17) is 0 Å². The van der Waals surface area contributed by atoms with E-state index in [1.54, 1.807) is 12.4 Å². The number of nitrogens with zero attached hydrogens (tertiary/aromatic N) is 4. The number of H-pyrrole nitrogens is 2. The van der Waals surface area contributed by atoms with Gasteiger partial charge in [-0.25, -0.2) is 15.0 Å². The van der Waals surface area contributed by atoms with E-state index in [0.29, 0.717) is 5.65 Å². The summed E-state index contributed by atoms with van der Waals surface area (Å²) in [6.45, 7) is 1.91. The SMILES string of the molecule is Cc1nc2nc3[nH]c(-c4cccnc4)nc3cc2[nH]1. The van der Waals surface area contributed by atoms with Crippen LogP contribution in [0.2, 0.25) is 0 Å². The minimum atomic E-state index is 0.700. The highest BCUT2D eigenvalue weighted by Gasteiger charge is 2.09. The molecule has 0 saturated carbocycles. The first-order valence-electron chi connectivity index (χ1n) is 5.93. The number of aryl methyl sites for hydroxylation is 1. The van der Waals surface area contributed by atoms with Gasteiger partial charge in [0.2, 0.25) is 0 Å². The number of fused-ring (bicyclic) bond motifs is 2. The zero-order valence-electron chi connectivity index (χ0n) is 10.2. The predicted octanol–water partition coefficient (Wildman–Crippen LogP) is 2.20. The number of pyridine rings is 2. The lowest BCUT2D eigenvalue weighted by atomic mass is 10.3. The van der Waals surface area contributed by atoms with E-state index in [9.17, 15) is 0 Å². The van der Waals surface area contributed by atoms with E-state index in [2.05, 4.69) is 29.9 Å². The number of hydrogen-bond donors (Lipinski definition) is 2. The number of hydrogen-bond acceptors (Lipinski definition) is 4. The molecule has 0 aliphatic rings. The first kappa shape index (κ1) is 10.2. The van der Waals surface area contributed by atoms with Gasteiger partial charge < -0.3 is 9.97 Å². The second kappa shape index (κ2) is 3.61. The molecule has 0 aromatic carbocycles. The van der Waals surface area contributed by atoms with E-state index < -0.39 is 0 Å². The Morgan fingerprint density at radius 1 is 1.11 bits per heavy atom. The maximum Gasteiger partial charge on any atom is 0.179 e. The maximum absolute atomic E-state index is 4.54. The smallest absolute Gasteiger partial charge is 0.179 e. The van der Waals surface area contributed by atoms with Crippen LogP contribution in [0.1, 0.15) is 5.82 Å². The lowest BCUT2D eigenvalue weighted by molar-refractivity contribution is 1.16. The van der Waals surface area contributed by atoms with Crippen LogP contribution < -0.4 is 0 Å². The van der Waals surface area contributed by atoms with E-state index in [0.717, 1.165) is 33.9 Å². The van der Waals surface area contributed by atoms with Gasteiger partial charge in [0.05, 0.1) is 5.52 Å². The van der Waals surface area contributed by atoms with Gasteiger partial charge in [0.25, 0.3) is 0 Å². The third-order valence-corrected chi connectivity index (χ3v) is 2.98. The summed E-state index contributed by atoms with van der Waals surface area (Å²) >= 11 is 0. The van der Waals surface area contributed by atoms with E-state index in [1.807, 2.05) is 25.1 Å². The molecular weight excluding hydrogens is 240 g/mol. The first-order chi connectivity index (χ1) is 9.29. The molecule has 0 aliphatic carbocycles. The quantitative estimate of drug-likeness (QED) is 0.542. The van der Waals surface area contributed by atoms with Crippen molar-refractivity contribution in [1.29, 1.82) is 0 Å². The summed E-state index contributed by atoms with van der Waals surface area (Å²) in [5.74, 6) is 1.61. The molecule has 6 nitrogen and oxygen atoms in total. The minimum Gasteiger partial charge on any atom is -0.341 e. The van der Waals surface area contributed by atoms with Crippen LogP contribution in [0.4, 0.5) is 0 Å². The van der Waals surface area contributed by atoms with Crippen LogP contribution in [0.25, 0.3) is 33.7 Å². The fourth-order valence-electron chi connectivity index (χ4n) is 2.13. The van der Waals surface area contributed by atoms with Crippen LogP contribution in [0.5, 0.6) is 0 Å². The molecule has 0 atom stereocenters. The van der Waals surface area contributed by atoms with Gasteiger partial charge >= 0.3 is 0 Å². The molecule has 92 valence electrons. The van der Waals surface area contributed by atoms with Crippen molar-refractivity contribution >= 4 is 22.3 Å². The molecule has 0 amide bonds. The molecule has 0 saturated heterocycles. The second-order valence-corrected chi connectivity index (χ2v) is 4.38. The maximum atomic E-state index is 4.54. The molecule has 0 bridgehead atoms. The monoisotopic (exact) mass is 250 g/mol. The normalized spacial score (nSPS) is 11.4. The Kier molecular flexibility index (Phi) is 1.94. The van der Waals surface area contributed by atoms with E-state index in [-0.39, 0.29) is 0 Å². The Balaban J connectivity index is 1.96. The lowest BCUT2D eigenvalue weighted by Gasteiger charge is -1.92. The van der Waals surface area contributed by atoms with Crippen LogP contribution in [0.3, 0.4) is 0 Å². The summed E-state index contributed by atoms with van der Waals surface area (Å²) < 4.78 is 0. The highest BCUT2D eigenvalue weighted by molar-refractivity contribution is 5.86.